The Hall–Kier alpha value is -2.36. The summed E-state index contributed by atoms with van der Waals surface area (Å²) in [6, 6.07) is 1.85. The second-order valence-corrected chi connectivity index (χ2v) is 4.29. The molecule has 0 radical (unpaired) electrons. The molecule has 7 heteroatoms. The molecule has 0 atom stereocenters. The third kappa shape index (κ3) is 2.29. The monoisotopic (exact) mass is 262 g/mol. The molecule has 1 aromatic rings. The molecule has 1 aliphatic heterocycles. The van der Waals surface area contributed by atoms with Gasteiger partial charge in [-0.2, -0.15) is 10.4 Å². The van der Waals surface area contributed by atoms with Crippen molar-refractivity contribution in [2.45, 2.75) is 19.4 Å². The van der Waals surface area contributed by atoms with Gasteiger partial charge in [-0.05, 0) is 6.42 Å². The zero-order valence-electron chi connectivity index (χ0n) is 10.8. The summed E-state index contributed by atoms with van der Waals surface area (Å²) in [6.45, 7) is 0.861. The third-order valence-corrected chi connectivity index (χ3v) is 3.21. The van der Waals surface area contributed by atoms with Crippen LogP contribution in [0.4, 0.5) is 0 Å². The molecule has 0 fully saturated rings. The largest absolute Gasteiger partial charge is 0.464 e. The van der Waals surface area contributed by atoms with Crippen LogP contribution in [0.15, 0.2) is 0 Å². The van der Waals surface area contributed by atoms with Gasteiger partial charge in [-0.25, -0.2) is 4.79 Å². The molecule has 0 N–H and O–H groups in total. The number of hydrogen-bond donors (Lipinski definition) is 0. The van der Waals surface area contributed by atoms with E-state index in [0.29, 0.717) is 25.2 Å². The van der Waals surface area contributed by atoms with Gasteiger partial charge in [-0.15, -0.1) is 0 Å². The van der Waals surface area contributed by atoms with Gasteiger partial charge in [0.15, 0.2) is 5.69 Å². The second kappa shape index (κ2) is 5.10. The number of rotatable bonds is 2. The summed E-state index contributed by atoms with van der Waals surface area (Å²) in [5.74, 6) is -0.664. The molecule has 0 spiro atoms. The molecular weight excluding hydrogens is 248 g/mol. The standard InChI is InChI=1S/C12H14N4O3/c1-15-9-7-16(10(17)3-5-13)6-4-8(9)11(14-15)12(18)19-2/h3-4,6-7H2,1-2H3. The molecule has 0 aromatic carbocycles. The minimum absolute atomic E-state index is 0.128. The maximum atomic E-state index is 11.7. The Morgan fingerprint density at radius 3 is 2.89 bits per heavy atom. The Labute approximate surface area is 110 Å². The molecule has 0 saturated heterocycles. The highest BCUT2D eigenvalue weighted by molar-refractivity contribution is 5.89. The Morgan fingerprint density at radius 1 is 1.53 bits per heavy atom. The molecule has 2 heterocycles. The van der Waals surface area contributed by atoms with Crippen LogP contribution in [0.2, 0.25) is 0 Å². The number of hydrogen-bond acceptors (Lipinski definition) is 5. The zero-order chi connectivity index (χ0) is 14.0. The van der Waals surface area contributed by atoms with Crippen LogP contribution < -0.4 is 0 Å². The van der Waals surface area contributed by atoms with Crippen LogP contribution in [0.1, 0.15) is 28.2 Å². The van der Waals surface area contributed by atoms with E-state index in [2.05, 4.69) is 5.10 Å². The summed E-state index contributed by atoms with van der Waals surface area (Å²) in [7, 11) is 3.04. The third-order valence-electron chi connectivity index (χ3n) is 3.21. The normalized spacial score (nSPS) is 13.6. The van der Waals surface area contributed by atoms with E-state index in [4.69, 9.17) is 10.00 Å². The van der Waals surface area contributed by atoms with Crippen LogP contribution in [0.5, 0.6) is 0 Å². The number of carbonyl (C=O) groups is 2. The predicted octanol–water partition coefficient (Wildman–Crippen LogP) is 0.00508. The van der Waals surface area contributed by atoms with Crippen LogP contribution >= 0.6 is 0 Å². The van der Waals surface area contributed by atoms with Crippen LogP contribution in [0.25, 0.3) is 0 Å². The lowest BCUT2D eigenvalue weighted by Gasteiger charge is -2.26. The number of esters is 1. The molecule has 0 aliphatic carbocycles. The Bertz CT molecular complexity index is 570. The molecule has 1 aliphatic rings. The van der Waals surface area contributed by atoms with Gasteiger partial charge >= 0.3 is 5.97 Å². The number of aryl methyl sites for hydroxylation is 1. The van der Waals surface area contributed by atoms with Crippen molar-refractivity contribution < 1.29 is 14.3 Å². The van der Waals surface area contributed by atoms with Gasteiger partial charge in [0.05, 0.1) is 25.4 Å². The summed E-state index contributed by atoms with van der Waals surface area (Å²) in [4.78, 5) is 24.9. The Kier molecular flexibility index (Phi) is 3.51. The number of methoxy groups -OCH3 is 1. The Morgan fingerprint density at radius 2 is 2.26 bits per heavy atom. The first-order chi connectivity index (χ1) is 9.08. The number of carbonyl (C=O) groups excluding carboxylic acids is 2. The lowest BCUT2D eigenvalue weighted by molar-refractivity contribution is -0.131. The van der Waals surface area contributed by atoms with Crippen LogP contribution in [-0.2, 0) is 29.5 Å². The van der Waals surface area contributed by atoms with Crippen LogP contribution in [0.3, 0.4) is 0 Å². The smallest absolute Gasteiger partial charge is 0.358 e. The fourth-order valence-electron chi connectivity index (χ4n) is 2.22. The fraction of sp³-hybridized carbons (Fsp3) is 0.500. The van der Waals surface area contributed by atoms with Gasteiger partial charge in [0.1, 0.15) is 6.42 Å². The molecule has 1 amide bonds. The van der Waals surface area contributed by atoms with E-state index >= 15 is 0 Å². The van der Waals surface area contributed by atoms with E-state index in [0.717, 1.165) is 11.3 Å². The van der Waals surface area contributed by atoms with Crippen molar-refractivity contribution in [3.8, 4) is 6.07 Å². The first-order valence-electron chi connectivity index (χ1n) is 5.86. The number of nitriles is 1. The van der Waals surface area contributed by atoms with Crippen molar-refractivity contribution in [2.24, 2.45) is 7.05 Å². The molecule has 0 unspecified atom stereocenters. The van der Waals surface area contributed by atoms with Crippen molar-refractivity contribution in [1.29, 1.82) is 5.26 Å². The number of amides is 1. The van der Waals surface area contributed by atoms with Gasteiger partial charge in [0.2, 0.25) is 5.91 Å². The highest BCUT2D eigenvalue weighted by Crippen LogP contribution is 2.22. The van der Waals surface area contributed by atoms with E-state index in [1.165, 1.54) is 7.11 Å². The number of ether oxygens (including phenoxy) is 1. The van der Waals surface area contributed by atoms with Gasteiger partial charge in [-0.3, -0.25) is 9.48 Å². The molecule has 19 heavy (non-hydrogen) atoms. The SMILES string of the molecule is COC(=O)c1nn(C)c2c1CCN(C(=O)CC#N)C2. The molecular formula is C12H14N4O3. The van der Waals surface area contributed by atoms with Crippen LogP contribution in [-0.4, -0.2) is 40.2 Å². The number of nitrogens with zero attached hydrogens (tertiary/aromatic N) is 4. The molecule has 1 aromatic heterocycles. The van der Waals surface area contributed by atoms with Crippen molar-refractivity contribution in [2.75, 3.05) is 13.7 Å². The van der Waals surface area contributed by atoms with Crippen molar-refractivity contribution >= 4 is 11.9 Å². The maximum absolute atomic E-state index is 11.7. The molecule has 0 bridgehead atoms. The molecule has 2 rings (SSSR count). The van der Waals surface area contributed by atoms with Gasteiger partial charge in [0.25, 0.3) is 0 Å². The van der Waals surface area contributed by atoms with Gasteiger partial charge < -0.3 is 9.64 Å². The van der Waals surface area contributed by atoms with E-state index in [1.54, 1.807) is 16.6 Å². The Balaban J connectivity index is 2.27. The predicted molar refractivity (Wildman–Crippen MR) is 63.9 cm³/mol. The second-order valence-electron chi connectivity index (χ2n) is 4.29. The van der Waals surface area contributed by atoms with E-state index in [1.807, 2.05) is 6.07 Å². The van der Waals surface area contributed by atoms with E-state index in [9.17, 15) is 9.59 Å². The van der Waals surface area contributed by atoms with Crippen LogP contribution in [0, 0.1) is 11.3 Å². The fourth-order valence-corrected chi connectivity index (χ4v) is 2.22. The lowest BCUT2D eigenvalue weighted by atomic mass is 10.0. The molecule has 0 saturated carbocycles. The zero-order valence-corrected chi connectivity index (χ0v) is 10.8. The van der Waals surface area contributed by atoms with Gasteiger partial charge in [-0.1, -0.05) is 0 Å². The van der Waals surface area contributed by atoms with Gasteiger partial charge in [0, 0.05) is 19.2 Å². The number of fused-ring (bicyclic) bond motifs is 1. The minimum Gasteiger partial charge on any atom is -0.464 e. The molecule has 7 nitrogen and oxygen atoms in total. The number of aromatic nitrogens is 2. The van der Waals surface area contributed by atoms with Crippen molar-refractivity contribution in [3.63, 3.8) is 0 Å². The summed E-state index contributed by atoms with van der Waals surface area (Å²) in [5, 5.41) is 12.7. The quantitative estimate of drug-likeness (QED) is 0.700. The summed E-state index contributed by atoms with van der Waals surface area (Å²) >= 11 is 0. The average Bonchev–Trinajstić information content (AvgIpc) is 2.75. The minimum atomic E-state index is -0.464. The highest BCUT2D eigenvalue weighted by Gasteiger charge is 2.29. The summed E-state index contributed by atoms with van der Waals surface area (Å²) in [5.41, 5.74) is 1.96. The lowest BCUT2D eigenvalue weighted by Crippen LogP contribution is -2.36. The first-order valence-corrected chi connectivity index (χ1v) is 5.86. The van der Waals surface area contributed by atoms with E-state index in [-0.39, 0.29) is 12.3 Å². The van der Waals surface area contributed by atoms with Crippen molar-refractivity contribution in [3.05, 3.63) is 17.0 Å². The first kappa shape index (κ1) is 13.1. The summed E-state index contributed by atoms with van der Waals surface area (Å²) < 4.78 is 6.28. The maximum Gasteiger partial charge on any atom is 0.358 e. The topological polar surface area (TPSA) is 88.2 Å². The molecule has 100 valence electrons. The average molecular weight is 262 g/mol. The van der Waals surface area contributed by atoms with Crippen molar-refractivity contribution in [1.82, 2.24) is 14.7 Å². The summed E-state index contributed by atoms with van der Waals surface area (Å²) in [6.07, 6.45) is 0.418. The highest BCUT2D eigenvalue weighted by atomic mass is 16.5. The van der Waals surface area contributed by atoms with E-state index < -0.39 is 5.97 Å².